The summed E-state index contributed by atoms with van der Waals surface area (Å²) in [5.41, 5.74) is 5.50. The number of nitrogens with two attached hydrogens (primary N) is 1. The highest BCUT2D eigenvalue weighted by Gasteiger charge is 2.33. The van der Waals surface area contributed by atoms with Gasteiger partial charge in [-0.15, -0.1) is 11.3 Å². The molecule has 0 spiro atoms. The number of amides is 1. The molecule has 1 aromatic rings. The van der Waals surface area contributed by atoms with Gasteiger partial charge in [0, 0.05) is 11.5 Å². The number of carbonyl (C=O) groups excluding carboxylic acids is 1. The smallest absolute Gasteiger partial charge is 0.228 e. The minimum Gasteiger partial charge on any atom is -0.394 e. The summed E-state index contributed by atoms with van der Waals surface area (Å²) >= 11 is 1.52. The molecule has 4 N–H and O–H groups in total. The second kappa shape index (κ2) is 5.16. The van der Waals surface area contributed by atoms with Gasteiger partial charge in [-0.3, -0.25) is 4.79 Å². The van der Waals surface area contributed by atoms with Crippen molar-refractivity contribution < 1.29 is 9.90 Å². The molecule has 1 saturated carbocycles. The third kappa shape index (κ3) is 3.06. The van der Waals surface area contributed by atoms with Crippen LogP contribution in [-0.4, -0.2) is 23.2 Å². The van der Waals surface area contributed by atoms with E-state index in [1.54, 1.807) is 0 Å². The second-order valence-electron chi connectivity index (χ2n) is 4.76. The number of carbonyl (C=O) groups is 1. The molecule has 1 aliphatic rings. The molecule has 17 heavy (non-hydrogen) atoms. The van der Waals surface area contributed by atoms with Crippen molar-refractivity contribution in [3.63, 3.8) is 0 Å². The van der Waals surface area contributed by atoms with Crippen molar-refractivity contribution >= 4 is 22.2 Å². The van der Waals surface area contributed by atoms with Crippen LogP contribution in [0.1, 0.15) is 25.7 Å². The first kappa shape index (κ1) is 12.5. The summed E-state index contributed by atoms with van der Waals surface area (Å²) in [6.07, 6.45) is 2.95. The van der Waals surface area contributed by atoms with Gasteiger partial charge in [-0.1, -0.05) is 0 Å². The number of thiophene rings is 1. The molecule has 2 rings (SSSR count). The highest BCUT2D eigenvalue weighted by molar-refractivity contribution is 7.14. The van der Waals surface area contributed by atoms with Crippen molar-refractivity contribution in [3.8, 4) is 0 Å². The Kier molecular flexibility index (Phi) is 3.81. The quantitative estimate of drug-likeness (QED) is 0.766. The summed E-state index contributed by atoms with van der Waals surface area (Å²) in [4.78, 5) is 12.0. The number of hydrogen-bond donors (Lipinski definition) is 3. The van der Waals surface area contributed by atoms with E-state index in [0.29, 0.717) is 12.8 Å². The zero-order chi connectivity index (χ0) is 12.3. The Morgan fingerprint density at radius 1 is 1.59 bits per heavy atom. The van der Waals surface area contributed by atoms with Gasteiger partial charge in [-0.2, -0.15) is 0 Å². The fourth-order valence-corrected chi connectivity index (χ4v) is 2.81. The maximum Gasteiger partial charge on any atom is 0.228 e. The molecule has 1 aromatic heterocycles. The van der Waals surface area contributed by atoms with Gasteiger partial charge in [-0.05, 0) is 43.2 Å². The molecule has 94 valence electrons. The number of hydrogen-bond acceptors (Lipinski definition) is 4. The van der Waals surface area contributed by atoms with Crippen LogP contribution in [0.4, 0.5) is 5.00 Å². The standard InChI is InChI=1S/C12H18N2O2S/c13-12(8-15)5-3-9(4-6-12)11(16)14-10-2-1-7-17-10/h1-2,7,9,15H,3-6,8,13H2,(H,14,16). The van der Waals surface area contributed by atoms with E-state index in [4.69, 9.17) is 10.8 Å². The highest BCUT2D eigenvalue weighted by Crippen LogP contribution is 2.31. The van der Waals surface area contributed by atoms with Crippen LogP contribution in [0.3, 0.4) is 0 Å². The maximum atomic E-state index is 12.0. The predicted molar refractivity (Wildman–Crippen MR) is 68.9 cm³/mol. The van der Waals surface area contributed by atoms with E-state index in [1.807, 2.05) is 17.5 Å². The van der Waals surface area contributed by atoms with Gasteiger partial charge in [0.15, 0.2) is 0 Å². The largest absolute Gasteiger partial charge is 0.394 e. The topological polar surface area (TPSA) is 75.3 Å². The lowest BCUT2D eigenvalue weighted by Crippen LogP contribution is -2.47. The van der Waals surface area contributed by atoms with Gasteiger partial charge in [0.2, 0.25) is 5.91 Å². The summed E-state index contributed by atoms with van der Waals surface area (Å²) < 4.78 is 0. The number of aliphatic hydroxyl groups is 1. The van der Waals surface area contributed by atoms with E-state index >= 15 is 0 Å². The lowest BCUT2D eigenvalue weighted by molar-refractivity contribution is -0.121. The SMILES string of the molecule is NC1(CO)CCC(C(=O)Nc2cccs2)CC1. The molecule has 1 amide bonds. The Hall–Kier alpha value is -0.910. The van der Waals surface area contributed by atoms with Crippen molar-refractivity contribution in [1.82, 2.24) is 0 Å². The van der Waals surface area contributed by atoms with Crippen LogP contribution >= 0.6 is 11.3 Å². The molecule has 1 heterocycles. The average molecular weight is 254 g/mol. The number of anilines is 1. The maximum absolute atomic E-state index is 12.0. The van der Waals surface area contributed by atoms with E-state index in [2.05, 4.69) is 5.32 Å². The monoisotopic (exact) mass is 254 g/mol. The van der Waals surface area contributed by atoms with E-state index in [-0.39, 0.29) is 18.4 Å². The van der Waals surface area contributed by atoms with Crippen LogP contribution in [0, 0.1) is 5.92 Å². The molecular weight excluding hydrogens is 236 g/mol. The number of nitrogens with one attached hydrogen (secondary N) is 1. The summed E-state index contributed by atoms with van der Waals surface area (Å²) in [6.45, 7) is 0.00621. The lowest BCUT2D eigenvalue weighted by Gasteiger charge is -2.34. The fourth-order valence-electron chi connectivity index (χ4n) is 2.19. The Balaban J connectivity index is 1.86. The minimum atomic E-state index is -0.473. The summed E-state index contributed by atoms with van der Waals surface area (Å²) in [5, 5.41) is 14.9. The van der Waals surface area contributed by atoms with Gasteiger partial charge in [-0.25, -0.2) is 0 Å². The molecule has 0 aliphatic heterocycles. The third-order valence-corrected chi connectivity index (χ3v) is 4.22. The first-order valence-corrected chi connectivity index (χ1v) is 6.75. The number of aliphatic hydroxyl groups excluding tert-OH is 1. The van der Waals surface area contributed by atoms with Crippen molar-refractivity contribution in [3.05, 3.63) is 17.5 Å². The lowest BCUT2D eigenvalue weighted by atomic mass is 9.77. The average Bonchev–Trinajstić information content (AvgIpc) is 2.83. The second-order valence-corrected chi connectivity index (χ2v) is 5.71. The van der Waals surface area contributed by atoms with Crippen LogP contribution in [0.25, 0.3) is 0 Å². The zero-order valence-electron chi connectivity index (χ0n) is 9.69. The first-order valence-electron chi connectivity index (χ1n) is 5.87. The fraction of sp³-hybridized carbons (Fsp3) is 0.583. The summed E-state index contributed by atoms with van der Waals surface area (Å²) in [7, 11) is 0. The summed E-state index contributed by atoms with van der Waals surface area (Å²) in [5.74, 6) is 0.104. The molecule has 5 heteroatoms. The molecule has 0 bridgehead atoms. The Morgan fingerprint density at radius 3 is 2.82 bits per heavy atom. The first-order chi connectivity index (χ1) is 8.13. The molecule has 1 fully saturated rings. The Morgan fingerprint density at radius 2 is 2.29 bits per heavy atom. The van der Waals surface area contributed by atoms with Crippen LogP contribution < -0.4 is 11.1 Å². The van der Waals surface area contributed by atoms with Gasteiger partial charge in [0.1, 0.15) is 0 Å². The molecule has 1 aliphatic carbocycles. The molecule has 0 radical (unpaired) electrons. The van der Waals surface area contributed by atoms with E-state index in [0.717, 1.165) is 17.8 Å². The van der Waals surface area contributed by atoms with Crippen molar-refractivity contribution in [2.45, 2.75) is 31.2 Å². The van der Waals surface area contributed by atoms with Crippen molar-refractivity contribution in [1.29, 1.82) is 0 Å². The molecular formula is C12H18N2O2S. The van der Waals surface area contributed by atoms with E-state index in [1.165, 1.54) is 11.3 Å². The van der Waals surface area contributed by atoms with E-state index < -0.39 is 5.54 Å². The molecule has 0 aromatic carbocycles. The predicted octanol–water partition coefficient (Wildman–Crippen LogP) is 1.57. The van der Waals surface area contributed by atoms with Crippen LogP contribution in [0.15, 0.2) is 17.5 Å². The van der Waals surface area contributed by atoms with Crippen molar-refractivity contribution in [2.75, 3.05) is 11.9 Å². The Labute approximate surface area is 105 Å². The van der Waals surface area contributed by atoms with Crippen LogP contribution in [0.5, 0.6) is 0 Å². The van der Waals surface area contributed by atoms with Gasteiger partial charge in [0.05, 0.1) is 11.6 Å². The van der Waals surface area contributed by atoms with Gasteiger partial charge in [0.25, 0.3) is 0 Å². The molecule has 0 atom stereocenters. The highest BCUT2D eigenvalue weighted by atomic mass is 32.1. The number of rotatable bonds is 3. The Bertz CT molecular complexity index is 370. The third-order valence-electron chi connectivity index (χ3n) is 3.43. The van der Waals surface area contributed by atoms with Crippen LogP contribution in [-0.2, 0) is 4.79 Å². The molecule has 4 nitrogen and oxygen atoms in total. The zero-order valence-corrected chi connectivity index (χ0v) is 10.5. The van der Waals surface area contributed by atoms with Gasteiger partial charge < -0.3 is 16.2 Å². The molecule has 0 unspecified atom stereocenters. The summed E-state index contributed by atoms with van der Waals surface area (Å²) in [6, 6.07) is 3.81. The minimum absolute atomic E-state index is 0.00621. The van der Waals surface area contributed by atoms with E-state index in [9.17, 15) is 4.79 Å². The van der Waals surface area contributed by atoms with Crippen LogP contribution in [0.2, 0.25) is 0 Å². The normalized spacial score (nSPS) is 28.9. The molecule has 0 saturated heterocycles. The van der Waals surface area contributed by atoms with Gasteiger partial charge >= 0.3 is 0 Å². The van der Waals surface area contributed by atoms with Crippen molar-refractivity contribution in [2.24, 2.45) is 11.7 Å².